The van der Waals surface area contributed by atoms with E-state index in [0.29, 0.717) is 19.3 Å². The first-order valence-corrected chi connectivity index (χ1v) is 7.31. The number of ether oxygens (including phenoxy) is 1. The van der Waals surface area contributed by atoms with Crippen LogP contribution in [0.2, 0.25) is 0 Å². The largest absolute Gasteiger partial charge is 0.491 e. The zero-order valence-electron chi connectivity index (χ0n) is 12.9. The van der Waals surface area contributed by atoms with Gasteiger partial charge in [-0.3, -0.25) is 4.79 Å². The fourth-order valence-corrected chi connectivity index (χ4v) is 2.07. The van der Waals surface area contributed by atoms with Gasteiger partial charge >= 0.3 is 5.97 Å². The number of para-hydroxylation sites is 1. The summed E-state index contributed by atoms with van der Waals surface area (Å²) in [5, 5.41) is 11.7. The van der Waals surface area contributed by atoms with E-state index >= 15 is 0 Å². The summed E-state index contributed by atoms with van der Waals surface area (Å²) in [5.41, 5.74) is -1.25. The smallest absolute Gasteiger partial charge is 0.329 e. The lowest BCUT2D eigenvalue weighted by Gasteiger charge is -2.25. The highest BCUT2D eigenvalue weighted by atomic mass is 19.1. The van der Waals surface area contributed by atoms with Crippen molar-refractivity contribution in [3.8, 4) is 5.75 Å². The van der Waals surface area contributed by atoms with Gasteiger partial charge in [0.1, 0.15) is 5.54 Å². The van der Waals surface area contributed by atoms with Gasteiger partial charge in [-0.05, 0) is 31.9 Å². The summed E-state index contributed by atoms with van der Waals surface area (Å²) in [6.45, 7) is 3.54. The second-order valence-electron chi connectivity index (χ2n) is 5.32. The number of carboxylic acid groups (broad SMARTS) is 1. The van der Waals surface area contributed by atoms with Crippen LogP contribution in [0.5, 0.6) is 5.75 Å². The Hall–Kier alpha value is -2.11. The molecule has 1 aromatic rings. The number of amides is 1. The highest BCUT2D eigenvalue weighted by molar-refractivity contribution is 5.86. The minimum absolute atomic E-state index is 0.126. The lowest BCUT2D eigenvalue weighted by molar-refractivity contribution is -0.147. The van der Waals surface area contributed by atoms with Crippen LogP contribution >= 0.6 is 0 Å². The molecule has 1 aromatic carbocycles. The van der Waals surface area contributed by atoms with Gasteiger partial charge in [0, 0.05) is 6.42 Å². The van der Waals surface area contributed by atoms with Gasteiger partial charge in [0.2, 0.25) is 5.91 Å². The molecule has 1 unspecified atom stereocenters. The number of hydrogen-bond donors (Lipinski definition) is 2. The number of nitrogens with one attached hydrogen (secondary N) is 1. The monoisotopic (exact) mass is 311 g/mol. The molecule has 0 aromatic heterocycles. The summed E-state index contributed by atoms with van der Waals surface area (Å²) in [7, 11) is 0. The molecule has 0 aliphatic carbocycles. The summed E-state index contributed by atoms with van der Waals surface area (Å²) in [6.07, 6.45) is 1.52. The molecule has 1 amide bonds. The zero-order valence-corrected chi connectivity index (χ0v) is 12.9. The van der Waals surface area contributed by atoms with Gasteiger partial charge in [-0.1, -0.05) is 25.5 Å². The molecule has 0 fully saturated rings. The van der Waals surface area contributed by atoms with Crippen LogP contribution in [0.4, 0.5) is 4.39 Å². The Morgan fingerprint density at radius 3 is 2.64 bits per heavy atom. The number of aliphatic carboxylic acids is 1. The molecule has 0 aliphatic heterocycles. The van der Waals surface area contributed by atoms with Gasteiger partial charge in [-0.2, -0.15) is 0 Å². The van der Waals surface area contributed by atoms with Crippen molar-refractivity contribution in [2.75, 3.05) is 6.61 Å². The molecular weight excluding hydrogens is 289 g/mol. The first kappa shape index (κ1) is 17.9. The second kappa shape index (κ2) is 8.36. The SMILES string of the molecule is CCCC(C)(NC(=O)CCCOc1ccccc1F)C(=O)O. The van der Waals surface area contributed by atoms with Crippen LogP contribution in [0, 0.1) is 5.82 Å². The number of rotatable bonds is 9. The fraction of sp³-hybridized carbons (Fsp3) is 0.500. The predicted molar refractivity (Wildman–Crippen MR) is 80.2 cm³/mol. The second-order valence-corrected chi connectivity index (χ2v) is 5.32. The van der Waals surface area contributed by atoms with E-state index in [1.165, 1.54) is 19.1 Å². The number of carbonyl (C=O) groups is 2. The number of halogens is 1. The van der Waals surface area contributed by atoms with Crippen molar-refractivity contribution in [3.05, 3.63) is 30.1 Å². The van der Waals surface area contributed by atoms with E-state index in [0.717, 1.165) is 0 Å². The summed E-state index contributed by atoms with van der Waals surface area (Å²) in [4.78, 5) is 23.0. The molecule has 0 radical (unpaired) electrons. The third kappa shape index (κ3) is 5.35. The molecule has 1 rings (SSSR count). The zero-order chi connectivity index (χ0) is 16.6. The van der Waals surface area contributed by atoms with E-state index in [2.05, 4.69) is 5.32 Å². The molecule has 5 nitrogen and oxygen atoms in total. The average Bonchev–Trinajstić information content (AvgIpc) is 2.45. The molecule has 0 bridgehead atoms. The average molecular weight is 311 g/mol. The lowest BCUT2D eigenvalue weighted by atomic mass is 9.96. The van der Waals surface area contributed by atoms with Crippen molar-refractivity contribution in [2.24, 2.45) is 0 Å². The fourth-order valence-electron chi connectivity index (χ4n) is 2.07. The van der Waals surface area contributed by atoms with Crippen LogP contribution in [0.25, 0.3) is 0 Å². The highest BCUT2D eigenvalue weighted by Crippen LogP contribution is 2.16. The predicted octanol–water partition coefficient (Wildman–Crippen LogP) is 2.74. The molecule has 22 heavy (non-hydrogen) atoms. The Morgan fingerprint density at radius 1 is 1.36 bits per heavy atom. The Kier molecular flexibility index (Phi) is 6.82. The normalized spacial score (nSPS) is 13.2. The van der Waals surface area contributed by atoms with Crippen LogP contribution in [0.1, 0.15) is 39.5 Å². The molecule has 0 aliphatic rings. The summed E-state index contributed by atoms with van der Waals surface area (Å²) < 4.78 is 18.5. The van der Waals surface area contributed by atoms with Crippen LogP contribution in [-0.4, -0.2) is 29.1 Å². The lowest BCUT2D eigenvalue weighted by Crippen LogP contribution is -2.52. The maximum Gasteiger partial charge on any atom is 0.329 e. The molecule has 0 saturated carbocycles. The Labute approximate surface area is 129 Å². The van der Waals surface area contributed by atoms with Crippen LogP contribution in [-0.2, 0) is 9.59 Å². The first-order chi connectivity index (χ1) is 10.4. The van der Waals surface area contributed by atoms with Gasteiger partial charge < -0.3 is 15.2 Å². The van der Waals surface area contributed by atoms with Gasteiger partial charge in [0.05, 0.1) is 6.61 Å². The van der Waals surface area contributed by atoms with Gasteiger partial charge in [-0.25, -0.2) is 9.18 Å². The Bertz CT molecular complexity index is 521. The molecule has 122 valence electrons. The van der Waals surface area contributed by atoms with Crippen molar-refractivity contribution in [1.82, 2.24) is 5.32 Å². The van der Waals surface area contributed by atoms with Crippen molar-refractivity contribution in [1.29, 1.82) is 0 Å². The summed E-state index contributed by atoms with van der Waals surface area (Å²) >= 11 is 0. The van der Waals surface area contributed by atoms with Crippen molar-refractivity contribution in [3.63, 3.8) is 0 Å². The van der Waals surface area contributed by atoms with Gasteiger partial charge in [0.15, 0.2) is 11.6 Å². The topological polar surface area (TPSA) is 75.6 Å². The quantitative estimate of drug-likeness (QED) is 0.688. The van der Waals surface area contributed by atoms with Crippen LogP contribution < -0.4 is 10.1 Å². The number of carboxylic acids is 1. The number of carbonyl (C=O) groups excluding carboxylic acids is 1. The third-order valence-corrected chi connectivity index (χ3v) is 3.28. The molecule has 1 atom stereocenters. The van der Waals surface area contributed by atoms with E-state index in [9.17, 15) is 19.1 Å². The van der Waals surface area contributed by atoms with Crippen molar-refractivity contribution in [2.45, 2.75) is 45.1 Å². The van der Waals surface area contributed by atoms with Crippen LogP contribution in [0.3, 0.4) is 0 Å². The van der Waals surface area contributed by atoms with Crippen LogP contribution in [0.15, 0.2) is 24.3 Å². The minimum atomic E-state index is -1.25. The molecule has 0 heterocycles. The van der Waals surface area contributed by atoms with E-state index in [1.54, 1.807) is 12.1 Å². The first-order valence-electron chi connectivity index (χ1n) is 7.31. The maximum atomic E-state index is 13.3. The van der Waals surface area contributed by atoms with E-state index < -0.39 is 17.3 Å². The van der Waals surface area contributed by atoms with E-state index in [-0.39, 0.29) is 24.7 Å². The number of hydrogen-bond acceptors (Lipinski definition) is 3. The van der Waals surface area contributed by atoms with Gasteiger partial charge in [-0.15, -0.1) is 0 Å². The third-order valence-electron chi connectivity index (χ3n) is 3.28. The van der Waals surface area contributed by atoms with Gasteiger partial charge in [0.25, 0.3) is 0 Å². The minimum Gasteiger partial charge on any atom is -0.491 e. The summed E-state index contributed by atoms with van der Waals surface area (Å²) in [6, 6.07) is 6.04. The molecule has 0 saturated heterocycles. The standard InChI is InChI=1S/C16H22FNO4/c1-3-10-16(2,15(20)21)18-14(19)9-6-11-22-13-8-5-4-7-12(13)17/h4-5,7-8H,3,6,9-11H2,1-2H3,(H,18,19)(H,20,21). The molecule has 6 heteroatoms. The Morgan fingerprint density at radius 2 is 2.05 bits per heavy atom. The maximum absolute atomic E-state index is 13.3. The molecule has 2 N–H and O–H groups in total. The van der Waals surface area contributed by atoms with E-state index in [1.807, 2.05) is 6.92 Å². The Balaban J connectivity index is 2.37. The molecule has 0 spiro atoms. The summed E-state index contributed by atoms with van der Waals surface area (Å²) in [5.74, 6) is -1.71. The highest BCUT2D eigenvalue weighted by Gasteiger charge is 2.33. The van der Waals surface area contributed by atoms with Crippen molar-refractivity contribution >= 4 is 11.9 Å². The number of benzene rings is 1. The van der Waals surface area contributed by atoms with E-state index in [4.69, 9.17) is 4.74 Å². The van der Waals surface area contributed by atoms with Crippen molar-refractivity contribution < 1.29 is 23.8 Å². The molecular formula is C16H22FNO4.